The minimum Gasteiger partial charge on any atom is -0.305 e. The molecule has 2 rings (SSSR count). The second kappa shape index (κ2) is 6.02. The Morgan fingerprint density at radius 2 is 2.06 bits per heavy atom. The molecule has 1 atom stereocenters. The predicted molar refractivity (Wildman–Crippen MR) is 76.0 cm³/mol. The molecule has 0 amide bonds. The van der Waals surface area contributed by atoms with Gasteiger partial charge in [-0.05, 0) is 36.8 Å². The van der Waals surface area contributed by atoms with E-state index < -0.39 is 5.82 Å². The summed E-state index contributed by atoms with van der Waals surface area (Å²) in [7, 11) is 0. The highest BCUT2D eigenvalue weighted by atomic mass is 35.5. The monoisotopic (exact) mass is 303 g/mol. The van der Waals surface area contributed by atoms with Crippen LogP contribution >= 0.6 is 34.5 Å². The number of thiophene rings is 1. The van der Waals surface area contributed by atoms with Gasteiger partial charge in [-0.15, -0.1) is 11.3 Å². The molecule has 0 aliphatic carbocycles. The summed E-state index contributed by atoms with van der Waals surface area (Å²) in [6, 6.07) is 8.83. The van der Waals surface area contributed by atoms with Gasteiger partial charge in [0.1, 0.15) is 5.82 Å². The van der Waals surface area contributed by atoms with Crippen molar-refractivity contribution in [1.29, 1.82) is 0 Å². The van der Waals surface area contributed by atoms with Gasteiger partial charge < -0.3 is 5.32 Å². The molecule has 0 bridgehead atoms. The van der Waals surface area contributed by atoms with Gasteiger partial charge in [0.05, 0.1) is 9.36 Å². The fraction of sp³-hybridized carbons (Fsp3) is 0.231. The molecular formula is C13H12Cl2FNS. The van der Waals surface area contributed by atoms with Gasteiger partial charge >= 0.3 is 0 Å². The average Bonchev–Trinajstić information content (AvgIpc) is 2.77. The highest BCUT2D eigenvalue weighted by Gasteiger charge is 2.08. The van der Waals surface area contributed by atoms with Crippen molar-refractivity contribution in [3.8, 4) is 0 Å². The standard InChI is InChI=1S/C13H12Cl2FNS/c1-8(12-4-5-13(15)18-12)17-7-9-2-3-11(16)10(14)6-9/h2-6,8,17H,7H2,1H3. The molecule has 0 aliphatic rings. The predicted octanol–water partition coefficient (Wildman–Crippen LogP) is 5.04. The lowest BCUT2D eigenvalue weighted by Crippen LogP contribution is -2.17. The van der Waals surface area contributed by atoms with Gasteiger partial charge in [0.2, 0.25) is 0 Å². The van der Waals surface area contributed by atoms with Crippen LogP contribution in [-0.4, -0.2) is 0 Å². The summed E-state index contributed by atoms with van der Waals surface area (Å²) in [4.78, 5) is 1.17. The fourth-order valence-electron chi connectivity index (χ4n) is 1.58. The summed E-state index contributed by atoms with van der Waals surface area (Å²) < 4.78 is 13.8. The minimum atomic E-state index is -0.390. The van der Waals surface area contributed by atoms with Crippen LogP contribution in [-0.2, 0) is 6.54 Å². The summed E-state index contributed by atoms with van der Waals surface area (Å²) in [6.45, 7) is 2.70. The summed E-state index contributed by atoms with van der Waals surface area (Å²) in [5, 5.41) is 3.50. The Balaban J connectivity index is 1.97. The first-order valence-corrected chi connectivity index (χ1v) is 7.06. The van der Waals surface area contributed by atoms with Gasteiger partial charge in [-0.2, -0.15) is 0 Å². The molecule has 0 radical (unpaired) electrons. The van der Waals surface area contributed by atoms with Gasteiger partial charge in [0.25, 0.3) is 0 Å². The Labute approximate surface area is 120 Å². The second-order valence-corrected chi connectivity index (χ2v) is 6.15. The molecule has 18 heavy (non-hydrogen) atoms. The van der Waals surface area contributed by atoms with Gasteiger partial charge in [-0.25, -0.2) is 4.39 Å². The van der Waals surface area contributed by atoms with Gasteiger partial charge in [0.15, 0.2) is 0 Å². The molecule has 1 unspecified atom stereocenters. The molecule has 0 saturated carbocycles. The first kappa shape index (κ1) is 13.8. The molecule has 1 aromatic carbocycles. The lowest BCUT2D eigenvalue weighted by atomic mass is 10.2. The van der Waals surface area contributed by atoms with Gasteiger partial charge in [0, 0.05) is 17.5 Å². The van der Waals surface area contributed by atoms with E-state index in [0.717, 1.165) is 9.90 Å². The van der Waals surface area contributed by atoms with E-state index in [2.05, 4.69) is 12.2 Å². The number of hydrogen-bond acceptors (Lipinski definition) is 2. The van der Waals surface area contributed by atoms with Crippen molar-refractivity contribution < 1.29 is 4.39 Å². The van der Waals surface area contributed by atoms with Crippen LogP contribution in [0.4, 0.5) is 4.39 Å². The zero-order valence-electron chi connectivity index (χ0n) is 9.71. The van der Waals surface area contributed by atoms with Crippen molar-refractivity contribution in [3.63, 3.8) is 0 Å². The van der Waals surface area contributed by atoms with Crippen LogP contribution < -0.4 is 5.32 Å². The van der Waals surface area contributed by atoms with Crippen LogP contribution in [0.25, 0.3) is 0 Å². The van der Waals surface area contributed by atoms with Crippen LogP contribution in [0.5, 0.6) is 0 Å². The zero-order chi connectivity index (χ0) is 13.1. The molecule has 0 saturated heterocycles. The molecule has 0 aliphatic heterocycles. The molecule has 0 fully saturated rings. The third-order valence-electron chi connectivity index (χ3n) is 2.62. The molecule has 0 spiro atoms. The van der Waals surface area contributed by atoms with Crippen molar-refractivity contribution in [2.75, 3.05) is 0 Å². The van der Waals surface area contributed by atoms with Crippen molar-refractivity contribution in [2.24, 2.45) is 0 Å². The maximum Gasteiger partial charge on any atom is 0.141 e. The quantitative estimate of drug-likeness (QED) is 0.834. The summed E-state index contributed by atoms with van der Waals surface area (Å²) in [5.74, 6) is -0.390. The lowest BCUT2D eigenvalue weighted by molar-refractivity contribution is 0.580. The van der Waals surface area contributed by atoms with Crippen molar-refractivity contribution >= 4 is 34.5 Å². The van der Waals surface area contributed by atoms with E-state index in [1.165, 1.54) is 10.9 Å². The number of hydrogen-bond donors (Lipinski definition) is 1. The Bertz CT molecular complexity index is 542. The first-order chi connectivity index (χ1) is 8.56. The Morgan fingerprint density at radius 3 is 2.67 bits per heavy atom. The maximum atomic E-state index is 13.0. The first-order valence-electron chi connectivity index (χ1n) is 5.49. The van der Waals surface area contributed by atoms with E-state index in [4.69, 9.17) is 23.2 Å². The normalized spacial score (nSPS) is 12.7. The van der Waals surface area contributed by atoms with E-state index in [0.29, 0.717) is 6.54 Å². The van der Waals surface area contributed by atoms with Crippen LogP contribution in [0.1, 0.15) is 23.4 Å². The third kappa shape index (κ3) is 3.45. The van der Waals surface area contributed by atoms with E-state index in [1.807, 2.05) is 12.1 Å². The van der Waals surface area contributed by atoms with Crippen LogP contribution in [0, 0.1) is 5.82 Å². The number of nitrogens with one attached hydrogen (secondary N) is 1. The molecule has 96 valence electrons. The number of halogens is 3. The number of benzene rings is 1. The highest BCUT2D eigenvalue weighted by molar-refractivity contribution is 7.16. The van der Waals surface area contributed by atoms with Gasteiger partial charge in [-0.1, -0.05) is 29.3 Å². The molecule has 5 heteroatoms. The highest BCUT2D eigenvalue weighted by Crippen LogP contribution is 2.27. The zero-order valence-corrected chi connectivity index (χ0v) is 12.0. The minimum absolute atomic E-state index is 0.154. The summed E-state index contributed by atoms with van der Waals surface area (Å²) in [6.07, 6.45) is 0. The fourth-order valence-corrected chi connectivity index (χ4v) is 2.87. The third-order valence-corrected chi connectivity index (χ3v) is 4.32. The van der Waals surface area contributed by atoms with Crippen molar-refractivity contribution in [1.82, 2.24) is 5.32 Å². The van der Waals surface area contributed by atoms with E-state index in [-0.39, 0.29) is 11.1 Å². The maximum absolute atomic E-state index is 13.0. The Kier molecular flexibility index (Phi) is 4.62. The largest absolute Gasteiger partial charge is 0.305 e. The lowest BCUT2D eigenvalue weighted by Gasteiger charge is -2.12. The van der Waals surface area contributed by atoms with Crippen molar-refractivity contribution in [3.05, 3.63) is 55.9 Å². The van der Waals surface area contributed by atoms with Crippen molar-refractivity contribution in [2.45, 2.75) is 19.5 Å². The van der Waals surface area contributed by atoms with Crippen LogP contribution in [0.15, 0.2) is 30.3 Å². The molecule has 1 aromatic heterocycles. The topological polar surface area (TPSA) is 12.0 Å². The summed E-state index contributed by atoms with van der Waals surface area (Å²) >= 11 is 13.2. The Morgan fingerprint density at radius 1 is 1.28 bits per heavy atom. The molecular weight excluding hydrogens is 292 g/mol. The van der Waals surface area contributed by atoms with E-state index >= 15 is 0 Å². The summed E-state index contributed by atoms with van der Waals surface area (Å²) in [5.41, 5.74) is 0.955. The smallest absolute Gasteiger partial charge is 0.141 e. The van der Waals surface area contributed by atoms with E-state index in [9.17, 15) is 4.39 Å². The number of rotatable bonds is 4. The molecule has 2 aromatic rings. The average molecular weight is 304 g/mol. The SMILES string of the molecule is CC(NCc1ccc(F)c(Cl)c1)c1ccc(Cl)s1. The van der Waals surface area contributed by atoms with Crippen LogP contribution in [0.2, 0.25) is 9.36 Å². The van der Waals surface area contributed by atoms with Gasteiger partial charge in [-0.3, -0.25) is 0 Å². The molecule has 1 N–H and O–H groups in total. The van der Waals surface area contributed by atoms with Crippen LogP contribution in [0.3, 0.4) is 0 Å². The van der Waals surface area contributed by atoms with E-state index in [1.54, 1.807) is 23.5 Å². The molecule has 1 heterocycles. The molecule has 1 nitrogen and oxygen atoms in total. The Hall–Kier alpha value is -0.610. The second-order valence-electron chi connectivity index (χ2n) is 3.99.